The monoisotopic (exact) mass is 244 g/mol. The highest BCUT2D eigenvalue weighted by atomic mass is 16.5. The first-order chi connectivity index (χ1) is 8.21. The summed E-state index contributed by atoms with van der Waals surface area (Å²) in [4.78, 5) is 2.40. The standard InChI is InChI=1S/C13H28N2O2/c1-4-13(5-2,10-14-3)11-15-6-7-17-9-12(15)8-16/h12,14,16H,4-11H2,1-3H3. The highest BCUT2D eigenvalue weighted by molar-refractivity contribution is 4.86. The van der Waals surface area contributed by atoms with Crippen LogP contribution in [0, 0.1) is 5.41 Å². The van der Waals surface area contributed by atoms with Crippen LogP contribution in [0.4, 0.5) is 0 Å². The van der Waals surface area contributed by atoms with Crippen molar-refractivity contribution in [2.45, 2.75) is 32.7 Å². The number of morpholine rings is 1. The topological polar surface area (TPSA) is 44.7 Å². The lowest BCUT2D eigenvalue weighted by Crippen LogP contribution is -2.53. The van der Waals surface area contributed by atoms with E-state index in [0.29, 0.717) is 12.0 Å². The van der Waals surface area contributed by atoms with Gasteiger partial charge in [-0.2, -0.15) is 0 Å². The van der Waals surface area contributed by atoms with Gasteiger partial charge in [-0.25, -0.2) is 0 Å². The molecule has 1 rings (SSSR count). The summed E-state index contributed by atoms with van der Waals surface area (Å²) in [5.74, 6) is 0. The van der Waals surface area contributed by atoms with Gasteiger partial charge in [0.2, 0.25) is 0 Å². The number of aliphatic hydroxyl groups is 1. The Morgan fingerprint density at radius 1 is 1.41 bits per heavy atom. The molecule has 0 aliphatic carbocycles. The molecular weight excluding hydrogens is 216 g/mol. The maximum absolute atomic E-state index is 9.40. The van der Waals surface area contributed by atoms with Gasteiger partial charge in [-0.1, -0.05) is 13.8 Å². The van der Waals surface area contributed by atoms with Gasteiger partial charge in [0.15, 0.2) is 0 Å². The van der Waals surface area contributed by atoms with Crippen molar-refractivity contribution in [3.05, 3.63) is 0 Å². The maximum atomic E-state index is 9.40. The molecule has 1 aliphatic rings. The van der Waals surface area contributed by atoms with Crippen molar-refractivity contribution in [1.29, 1.82) is 0 Å². The number of nitrogens with zero attached hydrogens (tertiary/aromatic N) is 1. The van der Waals surface area contributed by atoms with Gasteiger partial charge in [0.1, 0.15) is 0 Å². The molecule has 1 atom stereocenters. The van der Waals surface area contributed by atoms with E-state index in [-0.39, 0.29) is 12.6 Å². The van der Waals surface area contributed by atoms with Crippen LogP contribution in [0.3, 0.4) is 0 Å². The summed E-state index contributed by atoms with van der Waals surface area (Å²) in [6.07, 6.45) is 2.33. The molecule has 1 heterocycles. The zero-order valence-corrected chi connectivity index (χ0v) is 11.5. The maximum Gasteiger partial charge on any atom is 0.0644 e. The van der Waals surface area contributed by atoms with Crippen LogP contribution in [-0.4, -0.2) is 62.6 Å². The van der Waals surface area contributed by atoms with E-state index in [2.05, 4.69) is 24.1 Å². The summed E-state index contributed by atoms with van der Waals surface area (Å²) < 4.78 is 5.43. The first-order valence-corrected chi connectivity index (χ1v) is 6.78. The summed E-state index contributed by atoms with van der Waals surface area (Å²) in [5.41, 5.74) is 0.319. The van der Waals surface area contributed by atoms with Crippen LogP contribution < -0.4 is 5.32 Å². The van der Waals surface area contributed by atoms with E-state index in [1.807, 2.05) is 7.05 Å². The Balaban J connectivity index is 2.63. The van der Waals surface area contributed by atoms with Crippen LogP contribution in [0.1, 0.15) is 26.7 Å². The number of hydrogen-bond donors (Lipinski definition) is 2. The van der Waals surface area contributed by atoms with Gasteiger partial charge in [-0.05, 0) is 25.3 Å². The predicted octanol–water partition coefficient (Wildman–Crippen LogP) is 0.705. The average molecular weight is 244 g/mol. The molecule has 2 N–H and O–H groups in total. The fourth-order valence-corrected chi connectivity index (χ4v) is 2.65. The normalized spacial score (nSPS) is 22.9. The largest absolute Gasteiger partial charge is 0.395 e. The third-order valence-corrected chi connectivity index (χ3v) is 4.15. The van der Waals surface area contributed by atoms with Crippen molar-refractivity contribution in [3.8, 4) is 0 Å². The third kappa shape index (κ3) is 3.91. The van der Waals surface area contributed by atoms with Crippen molar-refractivity contribution in [3.63, 3.8) is 0 Å². The van der Waals surface area contributed by atoms with Crippen LogP contribution in [0.5, 0.6) is 0 Å². The van der Waals surface area contributed by atoms with E-state index in [0.717, 1.165) is 26.2 Å². The lowest BCUT2D eigenvalue weighted by atomic mass is 9.81. The highest BCUT2D eigenvalue weighted by Gasteiger charge is 2.32. The van der Waals surface area contributed by atoms with Gasteiger partial charge in [0, 0.05) is 19.6 Å². The van der Waals surface area contributed by atoms with Crippen molar-refractivity contribution in [1.82, 2.24) is 10.2 Å². The van der Waals surface area contributed by atoms with Crippen molar-refractivity contribution < 1.29 is 9.84 Å². The summed E-state index contributed by atoms with van der Waals surface area (Å²) in [5, 5.41) is 12.7. The van der Waals surface area contributed by atoms with Crippen molar-refractivity contribution in [2.24, 2.45) is 5.41 Å². The van der Waals surface area contributed by atoms with E-state index in [4.69, 9.17) is 4.74 Å². The highest BCUT2D eigenvalue weighted by Crippen LogP contribution is 2.28. The van der Waals surface area contributed by atoms with Gasteiger partial charge < -0.3 is 15.2 Å². The molecular formula is C13H28N2O2. The molecule has 1 aliphatic heterocycles. The summed E-state index contributed by atoms with van der Waals surface area (Å²) in [6.45, 7) is 9.20. The van der Waals surface area contributed by atoms with E-state index in [1.54, 1.807) is 0 Å². The second kappa shape index (κ2) is 7.31. The molecule has 1 saturated heterocycles. The van der Waals surface area contributed by atoms with Crippen LogP contribution in [0.25, 0.3) is 0 Å². The third-order valence-electron chi connectivity index (χ3n) is 4.15. The molecule has 4 heteroatoms. The van der Waals surface area contributed by atoms with E-state index >= 15 is 0 Å². The number of nitrogens with one attached hydrogen (secondary N) is 1. The number of aliphatic hydroxyl groups excluding tert-OH is 1. The minimum Gasteiger partial charge on any atom is -0.395 e. The Morgan fingerprint density at radius 3 is 2.65 bits per heavy atom. The van der Waals surface area contributed by atoms with Crippen molar-refractivity contribution >= 4 is 0 Å². The fourth-order valence-electron chi connectivity index (χ4n) is 2.65. The zero-order chi connectivity index (χ0) is 12.7. The minimum atomic E-state index is 0.179. The fraction of sp³-hybridized carbons (Fsp3) is 1.00. The Labute approximate surface area is 105 Å². The van der Waals surface area contributed by atoms with E-state index < -0.39 is 0 Å². The number of hydrogen-bond acceptors (Lipinski definition) is 4. The Morgan fingerprint density at radius 2 is 2.12 bits per heavy atom. The molecule has 0 bridgehead atoms. The smallest absolute Gasteiger partial charge is 0.0644 e. The molecule has 0 saturated carbocycles. The summed E-state index contributed by atoms with van der Waals surface area (Å²) >= 11 is 0. The molecule has 4 nitrogen and oxygen atoms in total. The lowest BCUT2D eigenvalue weighted by molar-refractivity contribution is -0.0456. The second-order valence-corrected chi connectivity index (χ2v) is 5.12. The van der Waals surface area contributed by atoms with Crippen LogP contribution in [0.15, 0.2) is 0 Å². The van der Waals surface area contributed by atoms with Gasteiger partial charge in [-0.15, -0.1) is 0 Å². The molecule has 0 radical (unpaired) electrons. The van der Waals surface area contributed by atoms with Crippen LogP contribution >= 0.6 is 0 Å². The second-order valence-electron chi connectivity index (χ2n) is 5.12. The van der Waals surface area contributed by atoms with Crippen LogP contribution in [-0.2, 0) is 4.74 Å². The van der Waals surface area contributed by atoms with Gasteiger partial charge in [0.25, 0.3) is 0 Å². The number of rotatable bonds is 7. The number of ether oxygens (including phenoxy) is 1. The molecule has 1 unspecified atom stereocenters. The molecule has 17 heavy (non-hydrogen) atoms. The summed E-state index contributed by atoms with van der Waals surface area (Å²) in [6, 6.07) is 0.179. The zero-order valence-electron chi connectivity index (χ0n) is 11.5. The molecule has 0 spiro atoms. The Kier molecular flexibility index (Phi) is 6.41. The van der Waals surface area contributed by atoms with Gasteiger partial charge in [-0.3, -0.25) is 4.90 Å². The van der Waals surface area contributed by atoms with Crippen molar-refractivity contribution in [2.75, 3.05) is 46.5 Å². The summed E-state index contributed by atoms with van der Waals surface area (Å²) in [7, 11) is 2.02. The minimum absolute atomic E-state index is 0.179. The molecule has 0 aromatic heterocycles. The van der Waals surface area contributed by atoms with Crippen LogP contribution in [0.2, 0.25) is 0 Å². The molecule has 1 fully saturated rings. The van der Waals surface area contributed by atoms with Gasteiger partial charge >= 0.3 is 0 Å². The predicted molar refractivity (Wildman–Crippen MR) is 70.2 cm³/mol. The lowest BCUT2D eigenvalue weighted by Gasteiger charge is -2.42. The quantitative estimate of drug-likeness (QED) is 0.692. The average Bonchev–Trinajstić information content (AvgIpc) is 2.38. The SMILES string of the molecule is CCC(CC)(CNC)CN1CCOCC1CO. The first kappa shape index (κ1) is 14.9. The Bertz CT molecular complexity index is 208. The Hall–Kier alpha value is -0.160. The van der Waals surface area contributed by atoms with E-state index in [1.165, 1.54) is 12.8 Å². The van der Waals surface area contributed by atoms with Gasteiger partial charge in [0.05, 0.1) is 25.9 Å². The molecule has 102 valence electrons. The molecule has 0 amide bonds. The molecule has 0 aromatic carbocycles. The van der Waals surface area contributed by atoms with E-state index in [9.17, 15) is 5.11 Å². The molecule has 0 aromatic rings. The first-order valence-electron chi connectivity index (χ1n) is 6.78.